The first-order valence-electron chi connectivity index (χ1n) is 20.2. The fraction of sp³-hybridized carbons (Fsp3) is 0.326. The van der Waals surface area contributed by atoms with Gasteiger partial charge in [-0.1, -0.05) is 23.7 Å². The van der Waals surface area contributed by atoms with Crippen LogP contribution in [0.25, 0.3) is 21.9 Å². The van der Waals surface area contributed by atoms with Crippen molar-refractivity contribution < 1.29 is 37.0 Å². The number of ether oxygens (including phenoxy) is 4. The van der Waals surface area contributed by atoms with Crippen LogP contribution in [0.1, 0.15) is 53.8 Å². The SMILES string of the molecule is O=C(CC1CCN(Cc2ccc3c(c2)OCO3)CC1)c1cc(=O)c2ccc(F)cc2o1.O=c1cc(NC2CCN(Cc3ccc4c(c3)OCO4)CC2)c2cc(Cl)ccc2o1. The lowest BCUT2D eigenvalue weighted by atomic mass is 9.91. The number of hydrogen-bond donors (Lipinski definition) is 1. The van der Waals surface area contributed by atoms with Crippen LogP contribution in [-0.2, 0) is 13.1 Å². The maximum atomic E-state index is 13.5. The third kappa shape index (κ3) is 9.13. The Balaban J connectivity index is 0.000000154. The monoisotopic (exact) mass is 835 g/mol. The standard InChI is InChI=1S/C24H22FNO5.C22H21ClN2O4/c25-17-2-3-18-19(27)12-23(31-22(18)11-17)20(28)9-15-5-7-26(8-6-15)13-16-1-4-21-24(10-16)30-14-29-21;23-15-2-4-19-17(10-15)18(11-22(26)29-19)24-16-5-7-25(8-6-16)12-14-1-3-20-21(9-14)28-13-27-20/h1-4,10-12,15H,5-9,13-14H2;1-4,9-11,16,24H,5-8,12-13H2. The molecule has 4 aliphatic heterocycles. The summed E-state index contributed by atoms with van der Waals surface area (Å²) in [6, 6.07) is 24.2. The lowest BCUT2D eigenvalue weighted by molar-refractivity contribution is 0.0898. The number of likely N-dealkylation sites (tertiary alicyclic amines) is 2. The molecule has 0 amide bonds. The number of ketones is 1. The molecule has 0 radical (unpaired) electrons. The summed E-state index contributed by atoms with van der Waals surface area (Å²) in [5, 5.41) is 5.25. The van der Waals surface area contributed by atoms with Crippen molar-refractivity contribution in [2.75, 3.05) is 45.1 Å². The van der Waals surface area contributed by atoms with Crippen LogP contribution in [0, 0.1) is 11.7 Å². The summed E-state index contributed by atoms with van der Waals surface area (Å²) < 4.78 is 45.9. The van der Waals surface area contributed by atoms with Crippen molar-refractivity contribution in [3.8, 4) is 23.0 Å². The highest BCUT2D eigenvalue weighted by molar-refractivity contribution is 6.31. The summed E-state index contributed by atoms with van der Waals surface area (Å²) in [6.07, 6.45) is 4.09. The molecule has 10 rings (SSSR count). The molecule has 4 aliphatic rings. The van der Waals surface area contributed by atoms with Crippen LogP contribution in [-0.4, -0.2) is 61.4 Å². The molecule has 0 atom stereocenters. The maximum Gasteiger partial charge on any atom is 0.338 e. The summed E-state index contributed by atoms with van der Waals surface area (Å²) in [4.78, 5) is 41.6. The number of nitrogens with zero attached hydrogens (tertiary/aromatic N) is 2. The number of hydrogen-bond acceptors (Lipinski definition) is 12. The molecule has 0 saturated carbocycles. The highest BCUT2D eigenvalue weighted by Crippen LogP contribution is 2.35. The van der Waals surface area contributed by atoms with Gasteiger partial charge in [0.1, 0.15) is 17.0 Å². The van der Waals surface area contributed by atoms with E-state index in [0.29, 0.717) is 29.9 Å². The molecule has 2 saturated heterocycles. The average Bonchev–Trinajstić information content (AvgIpc) is 3.92. The van der Waals surface area contributed by atoms with E-state index >= 15 is 0 Å². The van der Waals surface area contributed by atoms with Crippen molar-refractivity contribution >= 4 is 45.0 Å². The number of Topliss-reactive ketones (excluding diaryl/α,β-unsaturated/α-hetero) is 1. The van der Waals surface area contributed by atoms with E-state index in [-0.39, 0.29) is 46.3 Å². The zero-order valence-electron chi connectivity index (χ0n) is 32.8. The number of carbonyl (C=O) groups is 1. The Kier molecular flexibility index (Phi) is 11.5. The first kappa shape index (κ1) is 39.6. The second-order valence-electron chi connectivity index (χ2n) is 15.7. The third-order valence-corrected chi connectivity index (χ3v) is 11.7. The van der Waals surface area contributed by atoms with Gasteiger partial charge in [0.2, 0.25) is 13.6 Å². The zero-order valence-corrected chi connectivity index (χ0v) is 33.5. The van der Waals surface area contributed by atoms with Crippen molar-refractivity contribution in [1.29, 1.82) is 0 Å². The molecule has 1 N–H and O–H groups in total. The first-order chi connectivity index (χ1) is 29.2. The van der Waals surface area contributed by atoms with Gasteiger partial charge >= 0.3 is 5.63 Å². The Bertz CT molecular complexity index is 2670. The van der Waals surface area contributed by atoms with Gasteiger partial charge in [-0.15, -0.1) is 0 Å². The Hall–Kier alpha value is -5.89. The zero-order chi connectivity index (χ0) is 41.2. The minimum absolute atomic E-state index is 0.00545. The van der Waals surface area contributed by atoms with Crippen LogP contribution >= 0.6 is 11.6 Å². The lowest BCUT2D eigenvalue weighted by Gasteiger charge is -2.33. The smallest absolute Gasteiger partial charge is 0.338 e. The van der Waals surface area contributed by atoms with Crippen LogP contribution in [0.15, 0.2) is 103 Å². The Morgan fingerprint density at radius 1 is 0.667 bits per heavy atom. The molecule has 6 heterocycles. The van der Waals surface area contributed by atoms with Crippen LogP contribution in [0.4, 0.5) is 10.1 Å². The van der Waals surface area contributed by atoms with Crippen LogP contribution in [0.5, 0.6) is 23.0 Å². The maximum absolute atomic E-state index is 13.5. The minimum Gasteiger partial charge on any atom is -0.454 e. The van der Waals surface area contributed by atoms with Gasteiger partial charge in [0.25, 0.3) is 0 Å². The highest BCUT2D eigenvalue weighted by Gasteiger charge is 2.25. The topological polar surface area (TPSA) is 133 Å². The van der Waals surface area contributed by atoms with Gasteiger partial charge in [0.05, 0.1) is 11.1 Å². The van der Waals surface area contributed by atoms with E-state index in [1.54, 1.807) is 12.1 Å². The highest BCUT2D eigenvalue weighted by atomic mass is 35.5. The third-order valence-electron chi connectivity index (χ3n) is 11.5. The number of anilines is 1. The van der Waals surface area contributed by atoms with Gasteiger partial charge in [-0.3, -0.25) is 19.4 Å². The fourth-order valence-electron chi connectivity index (χ4n) is 8.28. The summed E-state index contributed by atoms with van der Waals surface area (Å²) in [5.41, 5.74) is 3.14. The predicted molar refractivity (Wildman–Crippen MR) is 224 cm³/mol. The molecule has 4 aromatic carbocycles. The normalized spacial score (nSPS) is 16.8. The molecular weight excluding hydrogens is 793 g/mol. The number of piperidine rings is 2. The largest absolute Gasteiger partial charge is 0.454 e. The molecule has 2 aromatic heterocycles. The van der Waals surface area contributed by atoms with Crippen molar-refractivity contribution in [1.82, 2.24) is 9.80 Å². The molecule has 14 heteroatoms. The summed E-state index contributed by atoms with van der Waals surface area (Å²) in [5.74, 6) is 2.73. The van der Waals surface area contributed by atoms with Gasteiger partial charge in [0.15, 0.2) is 40.0 Å². The molecule has 310 valence electrons. The van der Waals surface area contributed by atoms with Crippen molar-refractivity contribution in [2.45, 2.75) is 51.2 Å². The van der Waals surface area contributed by atoms with E-state index in [1.165, 1.54) is 35.4 Å². The number of nitrogens with one attached hydrogen (secondary N) is 1. The quantitative estimate of drug-likeness (QED) is 0.111. The molecular formula is C46H43ClFN3O9. The van der Waals surface area contributed by atoms with Gasteiger partial charge in [-0.05, 0) is 110 Å². The summed E-state index contributed by atoms with van der Waals surface area (Å²) in [6.45, 7) is 6.01. The van der Waals surface area contributed by atoms with E-state index in [0.717, 1.165) is 105 Å². The van der Waals surface area contributed by atoms with Gasteiger partial charge in [-0.25, -0.2) is 9.18 Å². The number of fused-ring (bicyclic) bond motifs is 4. The molecule has 6 aromatic rings. The Labute approximate surface area is 349 Å². The average molecular weight is 836 g/mol. The molecule has 0 unspecified atom stereocenters. The van der Waals surface area contributed by atoms with Gasteiger partial charge in [0, 0.05) is 67.2 Å². The van der Waals surface area contributed by atoms with E-state index in [9.17, 15) is 18.8 Å². The predicted octanol–water partition coefficient (Wildman–Crippen LogP) is 8.40. The van der Waals surface area contributed by atoms with Crippen LogP contribution in [0.2, 0.25) is 5.02 Å². The number of benzene rings is 4. The number of carbonyl (C=O) groups excluding carboxylic acids is 1. The second kappa shape index (κ2) is 17.4. The molecule has 0 spiro atoms. The van der Waals surface area contributed by atoms with E-state index in [1.807, 2.05) is 30.3 Å². The van der Waals surface area contributed by atoms with E-state index in [4.69, 9.17) is 39.4 Å². The Morgan fingerprint density at radius 2 is 1.30 bits per heavy atom. The van der Waals surface area contributed by atoms with Gasteiger partial charge in [-0.2, -0.15) is 0 Å². The van der Waals surface area contributed by atoms with Crippen LogP contribution in [0.3, 0.4) is 0 Å². The molecule has 60 heavy (non-hydrogen) atoms. The molecule has 2 fully saturated rings. The van der Waals surface area contributed by atoms with Crippen molar-refractivity contribution in [3.63, 3.8) is 0 Å². The van der Waals surface area contributed by atoms with Gasteiger partial charge < -0.3 is 33.1 Å². The van der Waals surface area contributed by atoms with Crippen molar-refractivity contribution in [2.24, 2.45) is 5.92 Å². The minimum atomic E-state index is -0.505. The number of halogens is 2. The lowest BCUT2D eigenvalue weighted by Crippen LogP contribution is -2.38. The summed E-state index contributed by atoms with van der Waals surface area (Å²) >= 11 is 6.13. The number of rotatable bonds is 9. The van der Waals surface area contributed by atoms with Crippen molar-refractivity contribution in [3.05, 3.63) is 133 Å². The summed E-state index contributed by atoms with van der Waals surface area (Å²) in [7, 11) is 0. The van der Waals surface area contributed by atoms with Crippen LogP contribution < -0.4 is 35.3 Å². The van der Waals surface area contributed by atoms with E-state index < -0.39 is 5.82 Å². The first-order valence-corrected chi connectivity index (χ1v) is 20.6. The fourth-order valence-corrected chi connectivity index (χ4v) is 8.45. The molecule has 0 aliphatic carbocycles. The molecule has 0 bridgehead atoms. The second-order valence-corrected chi connectivity index (χ2v) is 16.1. The van der Waals surface area contributed by atoms with E-state index in [2.05, 4.69) is 27.2 Å². The molecule has 12 nitrogen and oxygen atoms in total. The Morgan fingerprint density at radius 3 is 1.97 bits per heavy atom.